The maximum absolute atomic E-state index is 13.0. The van der Waals surface area contributed by atoms with E-state index < -0.39 is 17.7 Å². The topological polar surface area (TPSA) is 53.1 Å². The third kappa shape index (κ3) is 5.64. The van der Waals surface area contributed by atoms with Crippen molar-refractivity contribution in [1.29, 1.82) is 0 Å². The lowest BCUT2D eigenvalue weighted by Gasteiger charge is -2.30. The Morgan fingerprint density at radius 1 is 1.03 bits per heavy atom. The van der Waals surface area contributed by atoms with Crippen LogP contribution in [0.1, 0.15) is 58.4 Å². The van der Waals surface area contributed by atoms with E-state index >= 15 is 0 Å². The smallest absolute Gasteiger partial charge is 0.410 e. The normalized spacial score (nSPS) is 19.9. The van der Waals surface area contributed by atoms with Gasteiger partial charge in [0.15, 0.2) is 0 Å². The van der Waals surface area contributed by atoms with E-state index in [9.17, 15) is 9.59 Å². The molecule has 0 N–H and O–H groups in total. The molecule has 160 valence electrons. The maximum atomic E-state index is 13.0. The van der Waals surface area contributed by atoms with Crippen LogP contribution in [0.4, 0.5) is 10.5 Å². The lowest BCUT2D eigenvalue weighted by atomic mass is 10.1. The van der Waals surface area contributed by atoms with Crippen molar-refractivity contribution in [3.63, 3.8) is 0 Å². The zero-order valence-electron chi connectivity index (χ0n) is 18.3. The van der Waals surface area contributed by atoms with Gasteiger partial charge in [0.1, 0.15) is 11.6 Å². The van der Waals surface area contributed by atoms with Crippen LogP contribution in [0.25, 0.3) is 0 Å². The van der Waals surface area contributed by atoms with E-state index in [1.807, 2.05) is 27.8 Å². The molecule has 2 aliphatic rings. The molecule has 0 saturated carbocycles. The number of likely N-dealkylation sites (N-methyl/N-ethyl adjacent to an activating group) is 1. The minimum absolute atomic E-state index is 0.0199. The molecule has 2 fully saturated rings. The fraction of sp³-hybridized carbons (Fsp3) is 0.652. The van der Waals surface area contributed by atoms with Gasteiger partial charge in [0.05, 0.1) is 0 Å². The molecular weight excluding hydrogens is 366 g/mol. The van der Waals surface area contributed by atoms with Crippen molar-refractivity contribution in [3.05, 3.63) is 29.8 Å². The van der Waals surface area contributed by atoms with Crippen LogP contribution in [-0.2, 0) is 16.1 Å². The zero-order valence-corrected chi connectivity index (χ0v) is 18.3. The van der Waals surface area contributed by atoms with Gasteiger partial charge in [-0.3, -0.25) is 9.69 Å². The van der Waals surface area contributed by atoms with Gasteiger partial charge in [0.2, 0.25) is 5.91 Å². The molecule has 1 aromatic carbocycles. The predicted octanol–water partition coefficient (Wildman–Crippen LogP) is 4.03. The highest BCUT2D eigenvalue weighted by atomic mass is 16.6. The molecule has 0 spiro atoms. The van der Waals surface area contributed by atoms with E-state index in [1.54, 1.807) is 9.80 Å². The molecular formula is C23H35N3O3. The monoisotopic (exact) mass is 401 g/mol. The highest BCUT2D eigenvalue weighted by Gasteiger charge is 2.37. The molecule has 2 aliphatic heterocycles. The Hall–Kier alpha value is -2.24. The van der Waals surface area contributed by atoms with Crippen molar-refractivity contribution < 1.29 is 14.3 Å². The van der Waals surface area contributed by atoms with Gasteiger partial charge in [-0.2, -0.15) is 0 Å². The third-order valence-corrected chi connectivity index (χ3v) is 5.62. The quantitative estimate of drug-likeness (QED) is 0.764. The molecule has 0 radical (unpaired) electrons. The van der Waals surface area contributed by atoms with E-state index in [2.05, 4.69) is 29.2 Å². The number of anilines is 1. The van der Waals surface area contributed by atoms with Crippen molar-refractivity contribution in [2.45, 2.75) is 71.1 Å². The summed E-state index contributed by atoms with van der Waals surface area (Å²) in [6.45, 7) is 8.90. The summed E-state index contributed by atoms with van der Waals surface area (Å²) in [4.78, 5) is 31.2. The molecule has 0 aromatic heterocycles. The minimum Gasteiger partial charge on any atom is -0.444 e. The van der Waals surface area contributed by atoms with E-state index in [0.29, 0.717) is 19.5 Å². The van der Waals surface area contributed by atoms with Crippen LogP contribution in [0, 0.1) is 0 Å². The fourth-order valence-electron chi connectivity index (χ4n) is 4.13. The Morgan fingerprint density at radius 2 is 1.69 bits per heavy atom. The van der Waals surface area contributed by atoms with Gasteiger partial charge in [-0.1, -0.05) is 12.1 Å². The number of carbonyl (C=O) groups excluding carboxylic acids is 2. The molecule has 6 nitrogen and oxygen atoms in total. The van der Waals surface area contributed by atoms with Crippen LogP contribution in [0.15, 0.2) is 24.3 Å². The Labute approximate surface area is 174 Å². The summed E-state index contributed by atoms with van der Waals surface area (Å²) >= 11 is 0. The number of nitrogens with zero attached hydrogens (tertiary/aromatic N) is 3. The highest BCUT2D eigenvalue weighted by Crippen LogP contribution is 2.24. The summed E-state index contributed by atoms with van der Waals surface area (Å²) in [5.41, 5.74) is 1.80. The van der Waals surface area contributed by atoms with Gasteiger partial charge in [-0.25, -0.2) is 4.79 Å². The van der Waals surface area contributed by atoms with E-state index in [-0.39, 0.29) is 5.91 Å². The average Bonchev–Trinajstić information content (AvgIpc) is 3.17. The first-order chi connectivity index (χ1) is 13.7. The van der Waals surface area contributed by atoms with Gasteiger partial charge in [0, 0.05) is 38.9 Å². The molecule has 0 unspecified atom stereocenters. The van der Waals surface area contributed by atoms with Crippen molar-refractivity contribution in [2.24, 2.45) is 0 Å². The van der Waals surface area contributed by atoms with Crippen molar-refractivity contribution in [2.75, 3.05) is 31.6 Å². The Kier molecular flexibility index (Phi) is 6.70. The molecule has 2 amide bonds. The maximum Gasteiger partial charge on any atom is 0.410 e. The SMILES string of the molecule is CN(Cc1ccc(N2CCCCC2)cc1)C(=O)[C@@H]1CCCN1C(=O)OC(C)(C)C. The number of likely N-dealkylation sites (tertiary alicyclic amines) is 1. The van der Waals surface area contributed by atoms with Gasteiger partial charge >= 0.3 is 6.09 Å². The number of piperidine rings is 1. The van der Waals surface area contributed by atoms with Crippen LogP contribution < -0.4 is 4.90 Å². The van der Waals surface area contributed by atoms with Crippen LogP contribution in [0.2, 0.25) is 0 Å². The number of carbonyl (C=O) groups is 2. The fourth-order valence-corrected chi connectivity index (χ4v) is 4.13. The second-order valence-electron chi connectivity index (χ2n) is 9.24. The second kappa shape index (κ2) is 9.06. The van der Waals surface area contributed by atoms with Crippen LogP contribution in [0.3, 0.4) is 0 Å². The summed E-state index contributed by atoms with van der Waals surface area (Å²) in [7, 11) is 1.81. The number of hydrogen-bond acceptors (Lipinski definition) is 4. The Morgan fingerprint density at radius 3 is 2.31 bits per heavy atom. The molecule has 0 aliphatic carbocycles. The summed E-state index contributed by atoms with van der Waals surface area (Å²) in [6, 6.07) is 8.09. The molecule has 29 heavy (non-hydrogen) atoms. The number of hydrogen-bond donors (Lipinski definition) is 0. The van der Waals surface area contributed by atoms with Gasteiger partial charge in [-0.05, 0) is 70.6 Å². The number of rotatable bonds is 4. The summed E-state index contributed by atoms with van der Waals surface area (Å²) in [6.07, 6.45) is 4.96. The lowest BCUT2D eigenvalue weighted by Crippen LogP contribution is -2.47. The summed E-state index contributed by atoms with van der Waals surface area (Å²) < 4.78 is 5.48. The second-order valence-corrected chi connectivity index (χ2v) is 9.24. The number of amides is 2. The van der Waals surface area contributed by atoms with Gasteiger partial charge < -0.3 is 14.5 Å². The zero-order chi connectivity index (χ0) is 21.0. The van der Waals surface area contributed by atoms with Crippen molar-refractivity contribution >= 4 is 17.7 Å². The summed E-state index contributed by atoms with van der Waals surface area (Å²) in [5.74, 6) is -0.0199. The van der Waals surface area contributed by atoms with Crippen LogP contribution in [-0.4, -0.2) is 60.1 Å². The molecule has 2 saturated heterocycles. The molecule has 6 heteroatoms. The number of ether oxygens (including phenoxy) is 1. The van der Waals surface area contributed by atoms with Gasteiger partial charge in [-0.15, -0.1) is 0 Å². The predicted molar refractivity (Wildman–Crippen MR) is 115 cm³/mol. The first kappa shape index (κ1) is 21.5. The van der Waals surface area contributed by atoms with Gasteiger partial charge in [0.25, 0.3) is 0 Å². The largest absolute Gasteiger partial charge is 0.444 e. The summed E-state index contributed by atoms with van der Waals surface area (Å²) in [5, 5.41) is 0. The highest BCUT2D eigenvalue weighted by molar-refractivity contribution is 5.86. The van der Waals surface area contributed by atoms with E-state index in [1.165, 1.54) is 24.9 Å². The first-order valence-electron chi connectivity index (χ1n) is 10.8. The van der Waals surface area contributed by atoms with Crippen molar-refractivity contribution in [1.82, 2.24) is 9.80 Å². The standard InChI is InChI=1S/C23H35N3O3/c1-23(2,3)29-22(28)26-16-8-9-20(26)21(27)24(4)17-18-10-12-19(13-11-18)25-14-6-5-7-15-25/h10-13,20H,5-9,14-17H2,1-4H3/t20-/m0/s1. The minimum atomic E-state index is -0.560. The molecule has 1 atom stereocenters. The molecule has 3 rings (SSSR count). The molecule has 0 bridgehead atoms. The Bertz CT molecular complexity index is 705. The first-order valence-corrected chi connectivity index (χ1v) is 10.8. The third-order valence-electron chi connectivity index (χ3n) is 5.62. The lowest BCUT2D eigenvalue weighted by molar-refractivity contribution is -0.135. The Balaban J connectivity index is 1.58. The van der Waals surface area contributed by atoms with E-state index in [0.717, 1.165) is 25.1 Å². The number of benzene rings is 1. The van der Waals surface area contributed by atoms with Crippen molar-refractivity contribution in [3.8, 4) is 0 Å². The van der Waals surface area contributed by atoms with Crippen LogP contribution in [0.5, 0.6) is 0 Å². The molecule has 1 aromatic rings. The van der Waals surface area contributed by atoms with E-state index in [4.69, 9.17) is 4.74 Å². The van der Waals surface area contributed by atoms with Crippen LogP contribution >= 0.6 is 0 Å². The average molecular weight is 402 g/mol. The molecule has 2 heterocycles.